The van der Waals surface area contributed by atoms with Gasteiger partial charge in [-0.3, -0.25) is 9.59 Å². The molecule has 2 amide bonds. The van der Waals surface area contributed by atoms with Gasteiger partial charge in [0.1, 0.15) is 5.82 Å². The number of amides is 2. The maximum Gasteiger partial charge on any atom is 0.251 e. The Balaban J connectivity index is 1.79. The van der Waals surface area contributed by atoms with E-state index in [0.717, 1.165) is 27.0 Å². The van der Waals surface area contributed by atoms with Crippen LogP contribution < -0.4 is 10.6 Å². The average molecular weight is 483 g/mol. The molecule has 0 unspecified atom stereocenters. The van der Waals surface area contributed by atoms with Crippen LogP contribution in [0.15, 0.2) is 53.0 Å². The highest BCUT2D eigenvalue weighted by Gasteiger charge is 2.22. The molecule has 31 heavy (non-hydrogen) atoms. The van der Waals surface area contributed by atoms with E-state index < -0.39 is 0 Å². The molecule has 0 saturated heterocycles. The number of rotatable bonds is 5. The number of aromatic nitrogens is 2. The van der Waals surface area contributed by atoms with Gasteiger partial charge in [0.25, 0.3) is 5.91 Å². The lowest BCUT2D eigenvalue weighted by Crippen LogP contribution is -2.33. The second-order valence-electron chi connectivity index (χ2n) is 8.60. The van der Waals surface area contributed by atoms with Crippen LogP contribution in [0.5, 0.6) is 0 Å². The van der Waals surface area contributed by atoms with Crippen LogP contribution in [0, 0.1) is 13.8 Å². The molecule has 0 aliphatic heterocycles. The molecular weight excluding hydrogens is 456 g/mol. The summed E-state index contributed by atoms with van der Waals surface area (Å²) in [5.74, 6) is -0.0579. The molecule has 1 aromatic heterocycles. The van der Waals surface area contributed by atoms with E-state index in [4.69, 9.17) is 5.10 Å². The highest BCUT2D eigenvalue weighted by molar-refractivity contribution is 9.10. The maximum atomic E-state index is 12.6. The fourth-order valence-corrected chi connectivity index (χ4v) is 3.38. The highest BCUT2D eigenvalue weighted by Crippen LogP contribution is 2.27. The molecule has 0 aliphatic rings. The van der Waals surface area contributed by atoms with Gasteiger partial charge in [-0.25, -0.2) is 4.68 Å². The Bertz CT molecular complexity index is 1110. The van der Waals surface area contributed by atoms with Crippen LogP contribution in [-0.4, -0.2) is 28.1 Å². The number of hydrogen-bond donors (Lipinski definition) is 2. The standard InChI is InChI=1S/C24H27BrN4O2/c1-15-6-11-19(16(2)12-15)29-21(13-20(28-29)24(3,4)5)27-22(30)14-26-23(31)17-7-9-18(25)10-8-17/h6-13H,14H2,1-5H3,(H,26,31)(H,27,30). The molecular formula is C24H27BrN4O2. The molecule has 3 rings (SSSR count). The Labute approximate surface area is 191 Å². The first-order valence-electron chi connectivity index (χ1n) is 10.1. The van der Waals surface area contributed by atoms with Crippen LogP contribution in [-0.2, 0) is 10.2 Å². The molecule has 7 heteroatoms. The molecule has 6 nitrogen and oxygen atoms in total. The van der Waals surface area contributed by atoms with Gasteiger partial charge in [0, 0.05) is 21.5 Å². The number of carbonyl (C=O) groups excluding carboxylic acids is 2. The third-order valence-electron chi connectivity index (χ3n) is 4.84. The fourth-order valence-electron chi connectivity index (χ4n) is 3.11. The van der Waals surface area contributed by atoms with Crippen molar-refractivity contribution in [2.24, 2.45) is 0 Å². The summed E-state index contributed by atoms with van der Waals surface area (Å²) in [5, 5.41) is 10.3. The summed E-state index contributed by atoms with van der Waals surface area (Å²) in [6.07, 6.45) is 0. The lowest BCUT2D eigenvalue weighted by atomic mass is 9.92. The van der Waals surface area contributed by atoms with Crippen LogP contribution in [0.2, 0.25) is 0 Å². The zero-order chi connectivity index (χ0) is 22.8. The third kappa shape index (κ3) is 5.61. The van der Waals surface area contributed by atoms with E-state index in [0.29, 0.717) is 11.4 Å². The van der Waals surface area contributed by atoms with Crippen molar-refractivity contribution >= 4 is 33.6 Å². The molecule has 3 aromatic rings. The smallest absolute Gasteiger partial charge is 0.251 e. The van der Waals surface area contributed by atoms with E-state index in [-0.39, 0.29) is 23.8 Å². The Hall–Kier alpha value is -2.93. The van der Waals surface area contributed by atoms with Gasteiger partial charge in [0.05, 0.1) is 17.9 Å². The molecule has 0 aliphatic carbocycles. The van der Waals surface area contributed by atoms with Crippen LogP contribution in [0.1, 0.15) is 48.0 Å². The van der Waals surface area contributed by atoms with Crippen molar-refractivity contribution in [3.8, 4) is 5.69 Å². The van der Waals surface area contributed by atoms with Crippen LogP contribution >= 0.6 is 15.9 Å². The lowest BCUT2D eigenvalue weighted by Gasteiger charge is -2.14. The fraction of sp³-hybridized carbons (Fsp3) is 0.292. The summed E-state index contributed by atoms with van der Waals surface area (Å²) in [5.41, 5.74) is 4.29. The zero-order valence-electron chi connectivity index (χ0n) is 18.4. The number of halogens is 1. The van der Waals surface area contributed by atoms with Gasteiger partial charge in [0.2, 0.25) is 5.91 Å². The average Bonchev–Trinajstić information content (AvgIpc) is 3.10. The molecule has 2 aromatic carbocycles. The van der Waals surface area contributed by atoms with Gasteiger partial charge in [0.15, 0.2) is 0 Å². The van der Waals surface area contributed by atoms with Crippen molar-refractivity contribution in [3.63, 3.8) is 0 Å². The molecule has 0 spiro atoms. The first-order chi connectivity index (χ1) is 14.5. The molecule has 0 fully saturated rings. The number of carbonyl (C=O) groups is 2. The van der Waals surface area contributed by atoms with Gasteiger partial charge in [-0.1, -0.05) is 54.4 Å². The Kier molecular flexibility index (Phi) is 6.65. The minimum atomic E-state index is -0.322. The predicted molar refractivity (Wildman–Crippen MR) is 127 cm³/mol. The Morgan fingerprint density at radius 2 is 1.71 bits per heavy atom. The van der Waals surface area contributed by atoms with E-state index in [9.17, 15) is 9.59 Å². The first-order valence-corrected chi connectivity index (χ1v) is 10.9. The topological polar surface area (TPSA) is 76.0 Å². The number of anilines is 1. The van der Waals surface area contributed by atoms with Gasteiger partial charge in [-0.2, -0.15) is 5.10 Å². The second-order valence-corrected chi connectivity index (χ2v) is 9.52. The monoisotopic (exact) mass is 482 g/mol. The van der Waals surface area contributed by atoms with Crippen LogP contribution in [0.3, 0.4) is 0 Å². The molecule has 2 N–H and O–H groups in total. The van der Waals surface area contributed by atoms with E-state index in [1.54, 1.807) is 28.9 Å². The Morgan fingerprint density at radius 1 is 1.03 bits per heavy atom. The van der Waals surface area contributed by atoms with Crippen molar-refractivity contribution in [2.75, 3.05) is 11.9 Å². The van der Waals surface area contributed by atoms with E-state index in [2.05, 4.69) is 53.4 Å². The minimum Gasteiger partial charge on any atom is -0.343 e. The summed E-state index contributed by atoms with van der Waals surface area (Å²) in [6, 6.07) is 14.9. The van der Waals surface area contributed by atoms with Crippen molar-refractivity contribution in [1.82, 2.24) is 15.1 Å². The third-order valence-corrected chi connectivity index (χ3v) is 5.37. The number of nitrogens with one attached hydrogen (secondary N) is 2. The molecule has 0 saturated carbocycles. The summed E-state index contributed by atoms with van der Waals surface area (Å²) < 4.78 is 2.64. The number of hydrogen-bond acceptors (Lipinski definition) is 3. The van der Waals surface area contributed by atoms with Crippen molar-refractivity contribution < 1.29 is 9.59 Å². The van der Waals surface area contributed by atoms with Crippen LogP contribution in [0.4, 0.5) is 5.82 Å². The summed E-state index contributed by atoms with van der Waals surface area (Å²) in [7, 11) is 0. The number of nitrogens with zero attached hydrogens (tertiary/aromatic N) is 2. The van der Waals surface area contributed by atoms with E-state index in [1.165, 1.54) is 0 Å². The maximum absolute atomic E-state index is 12.6. The first kappa shape index (κ1) is 22.7. The Morgan fingerprint density at radius 3 is 2.32 bits per heavy atom. The molecule has 0 bridgehead atoms. The van der Waals surface area contributed by atoms with Crippen LogP contribution in [0.25, 0.3) is 5.69 Å². The van der Waals surface area contributed by atoms with E-state index in [1.807, 2.05) is 32.0 Å². The zero-order valence-corrected chi connectivity index (χ0v) is 20.0. The van der Waals surface area contributed by atoms with Crippen molar-refractivity contribution in [1.29, 1.82) is 0 Å². The quantitative estimate of drug-likeness (QED) is 0.541. The number of aryl methyl sites for hydroxylation is 2. The van der Waals surface area contributed by atoms with Gasteiger partial charge < -0.3 is 10.6 Å². The van der Waals surface area contributed by atoms with E-state index >= 15 is 0 Å². The van der Waals surface area contributed by atoms with Gasteiger partial charge in [-0.15, -0.1) is 0 Å². The molecule has 162 valence electrons. The normalized spacial score (nSPS) is 11.3. The lowest BCUT2D eigenvalue weighted by molar-refractivity contribution is -0.115. The van der Waals surface area contributed by atoms with Crippen molar-refractivity contribution in [2.45, 2.75) is 40.0 Å². The second kappa shape index (κ2) is 9.06. The summed E-state index contributed by atoms with van der Waals surface area (Å²) in [4.78, 5) is 24.9. The number of benzene rings is 2. The van der Waals surface area contributed by atoms with Crippen molar-refractivity contribution in [3.05, 3.63) is 75.4 Å². The molecule has 1 heterocycles. The minimum absolute atomic E-state index is 0.141. The molecule has 0 radical (unpaired) electrons. The summed E-state index contributed by atoms with van der Waals surface area (Å²) in [6.45, 7) is 10.1. The SMILES string of the molecule is Cc1ccc(-n2nc(C(C)(C)C)cc2NC(=O)CNC(=O)c2ccc(Br)cc2)c(C)c1. The van der Waals surface area contributed by atoms with Gasteiger partial charge >= 0.3 is 0 Å². The molecule has 0 atom stereocenters. The predicted octanol–water partition coefficient (Wildman–Crippen LogP) is 4.92. The largest absolute Gasteiger partial charge is 0.343 e. The van der Waals surface area contributed by atoms with Gasteiger partial charge in [-0.05, 0) is 49.7 Å². The highest BCUT2D eigenvalue weighted by atomic mass is 79.9. The summed E-state index contributed by atoms with van der Waals surface area (Å²) >= 11 is 3.34.